The third-order valence-corrected chi connectivity index (χ3v) is 16.7. The largest absolute Gasteiger partial charge is 0.252 e. The second kappa shape index (κ2) is 17.7. The van der Waals surface area contributed by atoms with Crippen molar-refractivity contribution in [2.24, 2.45) is 4.99 Å². The molecular weight excluding hydrogens is 839 g/mol. The van der Waals surface area contributed by atoms with Crippen LogP contribution in [0.15, 0.2) is 174 Å². The van der Waals surface area contributed by atoms with Gasteiger partial charge < -0.3 is 0 Å². The molecule has 2 heteroatoms. The minimum Gasteiger partial charge on any atom is -0.252 e. The molecule has 0 spiro atoms. The lowest BCUT2D eigenvalue weighted by molar-refractivity contribution is 0.714. The molecule has 8 aromatic rings. The Morgan fingerprint density at radius 1 is 0.515 bits per heavy atom. The van der Waals surface area contributed by atoms with E-state index in [1.807, 2.05) is 11.3 Å². The first-order valence-corrected chi connectivity index (χ1v) is 25.7. The van der Waals surface area contributed by atoms with Gasteiger partial charge >= 0.3 is 0 Å². The van der Waals surface area contributed by atoms with Crippen LogP contribution in [-0.4, -0.2) is 5.71 Å². The number of aliphatic imine (C=N–C) groups is 1. The molecule has 0 bridgehead atoms. The third-order valence-electron chi connectivity index (χ3n) is 15.4. The fourth-order valence-corrected chi connectivity index (χ4v) is 12.6. The highest BCUT2D eigenvalue weighted by atomic mass is 32.1. The number of thiophene rings is 1. The summed E-state index contributed by atoms with van der Waals surface area (Å²) < 4.78 is 1.38. The Kier molecular flexibility index (Phi) is 11.0. The lowest BCUT2D eigenvalue weighted by atomic mass is 9.85. The SMILES string of the molecule is CC(=Nc1c(-c2ccc(-c3ccc4sc5c(c4c3)C=CCC5)cc2)ccc(-c2ccc(-c3ccc(C)c(C4=C(C)CCCC4)c3)cc2)c1C)c1ccc(-c2ccc3c(c2)C2=C(CCC=C2)C3)cc1. The fraction of sp³-hybridized carbons (Fsp3) is 0.197. The maximum Gasteiger partial charge on any atom is 0.0746 e. The average molecular weight is 896 g/mol. The number of allylic oxidation sites excluding steroid dienone is 7. The Morgan fingerprint density at radius 2 is 1.12 bits per heavy atom. The second-order valence-electron chi connectivity index (χ2n) is 19.7. The van der Waals surface area contributed by atoms with Crippen molar-refractivity contribution >= 4 is 50.0 Å². The molecule has 0 unspecified atom stereocenters. The van der Waals surface area contributed by atoms with Gasteiger partial charge in [0.2, 0.25) is 0 Å². The number of fused-ring (bicyclic) bond motifs is 5. The highest BCUT2D eigenvalue weighted by molar-refractivity contribution is 7.19. The molecule has 68 heavy (non-hydrogen) atoms. The Hall–Kier alpha value is -6.87. The summed E-state index contributed by atoms with van der Waals surface area (Å²) in [5, 5.41) is 1.37. The molecule has 0 amide bonds. The summed E-state index contributed by atoms with van der Waals surface area (Å²) in [6, 6.07) is 53.0. The van der Waals surface area contributed by atoms with E-state index in [2.05, 4.69) is 192 Å². The van der Waals surface area contributed by atoms with Crippen LogP contribution in [0.4, 0.5) is 5.69 Å². The van der Waals surface area contributed by atoms with Gasteiger partial charge in [-0.1, -0.05) is 151 Å². The lowest BCUT2D eigenvalue weighted by Crippen LogP contribution is -1.99. The van der Waals surface area contributed by atoms with Crippen LogP contribution < -0.4 is 0 Å². The van der Waals surface area contributed by atoms with Crippen LogP contribution in [0.2, 0.25) is 0 Å². The molecule has 0 aliphatic heterocycles. The topological polar surface area (TPSA) is 12.4 Å². The minimum atomic E-state index is 1.00. The van der Waals surface area contributed by atoms with Gasteiger partial charge in [0, 0.05) is 26.2 Å². The van der Waals surface area contributed by atoms with E-state index in [4.69, 9.17) is 4.99 Å². The minimum absolute atomic E-state index is 1.00. The quantitative estimate of drug-likeness (QED) is 0.135. The molecule has 0 N–H and O–H groups in total. The zero-order valence-electron chi connectivity index (χ0n) is 39.8. The second-order valence-corrected chi connectivity index (χ2v) is 20.8. The molecule has 0 saturated heterocycles. The zero-order chi connectivity index (χ0) is 45.9. The van der Waals surface area contributed by atoms with E-state index in [9.17, 15) is 0 Å². The number of rotatable bonds is 8. The van der Waals surface area contributed by atoms with Gasteiger partial charge in [-0.25, -0.2) is 0 Å². The van der Waals surface area contributed by atoms with Crippen molar-refractivity contribution in [2.45, 2.75) is 85.5 Å². The van der Waals surface area contributed by atoms with Crippen molar-refractivity contribution < 1.29 is 0 Å². The van der Waals surface area contributed by atoms with E-state index in [1.54, 1.807) is 16.7 Å². The van der Waals surface area contributed by atoms with Crippen molar-refractivity contribution in [1.82, 2.24) is 0 Å². The predicted octanol–water partition coefficient (Wildman–Crippen LogP) is 19.0. The molecule has 0 saturated carbocycles. The summed E-state index contributed by atoms with van der Waals surface area (Å²) >= 11 is 1.95. The van der Waals surface area contributed by atoms with Gasteiger partial charge in [0.15, 0.2) is 0 Å². The van der Waals surface area contributed by atoms with Crippen LogP contribution in [0.1, 0.15) is 103 Å². The molecule has 0 atom stereocenters. The average Bonchev–Trinajstić information content (AvgIpc) is 3.95. The monoisotopic (exact) mass is 895 g/mol. The first kappa shape index (κ1) is 42.5. The third kappa shape index (κ3) is 7.79. The van der Waals surface area contributed by atoms with Crippen molar-refractivity contribution in [3.63, 3.8) is 0 Å². The van der Waals surface area contributed by atoms with Crippen LogP contribution in [0.25, 0.3) is 82.9 Å². The molecule has 4 aliphatic carbocycles. The molecule has 0 fully saturated rings. The van der Waals surface area contributed by atoms with Gasteiger partial charge in [-0.2, -0.15) is 0 Å². The number of nitrogens with zero attached hydrogens (tertiary/aromatic N) is 1. The Bertz CT molecular complexity index is 3470. The highest BCUT2D eigenvalue weighted by Crippen LogP contribution is 2.44. The lowest BCUT2D eigenvalue weighted by Gasteiger charge is -2.20. The first-order valence-electron chi connectivity index (χ1n) is 24.9. The predicted molar refractivity (Wildman–Crippen MR) is 294 cm³/mol. The number of hydrogen-bond donors (Lipinski definition) is 0. The van der Waals surface area contributed by atoms with Crippen molar-refractivity contribution in [2.75, 3.05) is 0 Å². The molecule has 4 aliphatic rings. The van der Waals surface area contributed by atoms with Crippen LogP contribution in [0.5, 0.6) is 0 Å². The van der Waals surface area contributed by atoms with E-state index in [0.717, 1.165) is 48.2 Å². The summed E-state index contributed by atoms with van der Waals surface area (Å²) in [5.41, 5.74) is 29.8. The van der Waals surface area contributed by atoms with Crippen LogP contribution >= 0.6 is 11.3 Å². The molecular formula is C66H57NS. The smallest absolute Gasteiger partial charge is 0.0746 e. The molecule has 1 nitrogen and oxygen atoms in total. The van der Waals surface area contributed by atoms with Crippen LogP contribution in [0.3, 0.4) is 0 Å². The summed E-state index contributed by atoms with van der Waals surface area (Å²) in [5.74, 6) is 0. The van der Waals surface area contributed by atoms with E-state index >= 15 is 0 Å². The van der Waals surface area contributed by atoms with Gasteiger partial charge in [0.05, 0.1) is 5.69 Å². The Labute approximate surface area is 406 Å². The Balaban J connectivity index is 0.892. The number of benzene rings is 7. The zero-order valence-corrected chi connectivity index (χ0v) is 40.6. The standard InChI is InChI=1S/C66H57NS/c1-41-11-5-7-13-56(41)61-38-51(18-17-42(61)2)47-23-27-49(28-24-47)57-34-35-59(50-29-25-48(26-30-50)53-33-36-65-63(40-53)60-15-9-10-16-64(60)68-65)66(43(57)3)67-44(4)45-19-21-46(22-20-45)52-31-32-55-37-54-12-6-8-14-58(54)62(55)39-52/h8-9,14-15,17-36,38-40H,5-7,10-13,16,37H2,1-4H3. The molecule has 1 heterocycles. The first-order chi connectivity index (χ1) is 33.3. The van der Waals surface area contributed by atoms with E-state index in [0.29, 0.717) is 0 Å². The van der Waals surface area contributed by atoms with Gasteiger partial charge in [0.1, 0.15) is 0 Å². The maximum absolute atomic E-state index is 5.56. The molecule has 7 aromatic carbocycles. The Morgan fingerprint density at radius 3 is 1.88 bits per heavy atom. The van der Waals surface area contributed by atoms with Gasteiger partial charge in [-0.3, -0.25) is 4.99 Å². The van der Waals surface area contributed by atoms with Gasteiger partial charge in [-0.15, -0.1) is 11.3 Å². The summed E-state index contributed by atoms with van der Waals surface area (Å²) in [7, 11) is 0. The highest BCUT2D eigenvalue weighted by Gasteiger charge is 2.22. The summed E-state index contributed by atoms with van der Waals surface area (Å²) in [6.45, 7) is 9.01. The van der Waals surface area contributed by atoms with E-state index in [-0.39, 0.29) is 0 Å². The summed E-state index contributed by atoms with van der Waals surface area (Å²) in [6.07, 6.45) is 20.0. The molecule has 332 valence electrons. The molecule has 1 aromatic heterocycles. The summed E-state index contributed by atoms with van der Waals surface area (Å²) in [4.78, 5) is 7.08. The van der Waals surface area contributed by atoms with Crippen molar-refractivity contribution in [3.8, 4) is 55.6 Å². The fourth-order valence-electron chi connectivity index (χ4n) is 11.5. The number of hydrogen-bond acceptors (Lipinski definition) is 2. The van der Waals surface area contributed by atoms with Crippen molar-refractivity contribution in [1.29, 1.82) is 0 Å². The van der Waals surface area contributed by atoms with Gasteiger partial charge in [0.25, 0.3) is 0 Å². The maximum atomic E-state index is 5.56. The molecule has 0 radical (unpaired) electrons. The number of aryl methyl sites for hydroxylation is 2. The molecule has 12 rings (SSSR count). The van der Waals surface area contributed by atoms with Crippen molar-refractivity contribution in [3.05, 3.63) is 213 Å². The van der Waals surface area contributed by atoms with Crippen LogP contribution in [-0.2, 0) is 12.8 Å². The normalized spacial score (nSPS) is 15.6. The van der Waals surface area contributed by atoms with Gasteiger partial charge in [-0.05, 0) is 210 Å². The van der Waals surface area contributed by atoms with Crippen LogP contribution in [0, 0.1) is 13.8 Å². The van der Waals surface area contributed by atoms with E-state index < -0.39 is 0 Å². The van der Waals surface area contributed by atoms with E-state index in [1.165, 1.54) is 136 Å².